The molecule has 1 aliphatic carbocycles. The van der Waals surface area contributed by atoms with Crippen LogP contribution in [0.5, 0.6) is 0 Å². The first-order chi connectivity index (χ1) is 15.4. The van der Waals surface area contributed by atoms with Crippen molar-refractivity contribution in [2.45, 2.75) is 52.1 Å². The Kier molecular flexibility index (Phi) is 6.79. The number of halogens is 1. The van der Waals surface area contributed by atoms with Crippen LogP contribution in [0.4, 0.5) is 10.1 Å². The van der Waals surface area contributed by atoms with Gasteiger partial charge in [-0.1, -0.05) is 12.8 Å². The lowest BCUT2D eigenvalue weighted by Crippen LogP contribution is -2.54. The van der Waals surface area contributed by atoms with Crippen LogP contribution in [0.1, 0.15) is 54.2 Å². The van der Waals surface area contributed by atoms with Crippen molar-refractivity contribution < 1.29 is 14.0 Å². The third kappa shape index (κ3) is 4.96. The Morgan fingerprint density at radius 1 is 1.22 bits per heavy atom. The van der Waals surface area contributed by atoms with Gasteiger partial charge in [-0.05, 0) is 62.1 Å². The van der Waals surface area contributed by atoms with E-state index in [4.69, 9.17) is 0 Å². The van der Waals surface area contributed by atoms with Gasteiger partial charge in [0.1, 0.15) is 5.82 Å². The number of hydrogen-bond acceptors (Lipinski definition) is 5. The molecule has 2 fully saturated rings. The van der Waals surface area contributed by atoms with E-state index in [0.29, 0.717) is 24.7 Å². The number of nitrogens with one attached hydrogen (secondary N) is 1. The van der Waals surface area contributed by atoms with Gasteiger partial charge in [0.05, 0.1) is 0 Å². The Hall–Kier alpha value is -2.87. The maximum atomic E-state index is 14.4. The van der Waals surface area contributed by atoms with Gasteiger partial charge in [-0.2, -0.15) is 5.10 Å². The van der Waals surface area contributed by atoms with Crippen LogP contribution in [0.2, 0.25) is 0 Å². The van der Waals surface area contributed by atoms with Gasteiger partial charge in [0.2, 0.25) is 5.91 Å². The van der Waals surface area contributed by atoms with Crippen LogP contribution >= 0.6 is 0 Å². The minimum absolute atomic E-state index is 0.126. The molecule has 1 saturated heterocycles. The van der Waals surface area contributed by atoms with Crippen molar-refractivity contribution >= 4 is 17.5 Å². The van der Waals surface area contributed by atoms with E-state index in [1.54, 1.807) is 12.1 Å². The predicted molar refractivity (Wildman–Crippen MR) is 120 cm³/mol. The molecule has 1 saturated carbocycles. The molecule has 1 N–H and O–H groups in total. The zero-order chi connectivity index (χ0) is 22.7. The maximum Gasteiger partial charge on any atom is 0.276 e. The largest absolute Gasteiger partial charge is 0.337 e. The summed E-state index contributed by atoms with van der Waals surface area (Å²) in [6, 6.07) is 6.17. The van der Waals surface area contributed by atoms with Gasteiger partial charge in [-0.15, -0.1) is 5.10 Å². The molecule has 8 heteroatoms. The van der Waals surface area contributed by atoms with Crippen LogP contribution < -0.4 is 5.32 Å². The first kappa shape index (κ1) is 22.3. The Balaban J connectivity index is 1.42. The van der Waals surface area contributed by atoms with Crippen LogP contribution in [-0.2, 0) is 11.3 Å². The summed E-state index contributed by atoms with van der Waals surface area (Å²) >= 11 is 0. The summed E-state index contributed by atoms with van der Waals surface area (Å²) in [5.41, 5.74) is 2.25. The van der Waals surface area contributed by atoms with Gasteiger partial charge in [-0.25, -0.2) is 4.39 Å². The number of amides is 2. The quantitative estimate of drug-likeness (QED) is 0.773. The first-order valence-corrected chi connectivity index (χ1v) is 11.3. The van der Waals surface area contributed by atoms with Crippen LogP contribution in [0.3, 0.4) is 0 Å². The van der Waals surface area contributed by atoms with E-state index < -0.39 is 11.7 Å². The normalized spacial score (nSPS) is 19.8. The second-order valence-electron chi connectivity index (χ2n) is 8.90. The molecule has 1 aliphatic heterocycles. The van der Waals surface area contributed by atoms with Gasteiger partial charge in [-0.3, -0.25) is 14.5 Å². The van der Waals surface area contributed by atoms with Gasteiger partial charge >= 0.3 is 0 Å². The number of rotatable bonds is 5. The summed E-state index contributed by atoms with van der Waals surface area (Å²) in [6.07, 6.45) is 5.82. The molecule has 2 aliphatic rings. The monoisotopic (exact) mass is 439 g/mol. The molecule has 1 aromatic carbocycles. The minimum Gasteiger partial charge on any atom is -0.337 e. The average molecular weight is 440 g/mol. The predicted octanol–water partition coefficient (Wildman–Crippen LogP) is 3.40. The first-order valence-electron chi connectivity index (χ1n) is 11.3. The zero-order valence-corrected chi connectivity index (χ0v) is 18.7. The van der Waals surface area contributed by atoms with Crippen molar-refractivity contribution in [2.24, 2.45) is 5.92 Å². The van der Waals surface area contributed by atoms with Gasteiger partial charge in [0.25, 0.3) is 5.91 Å². The molecule has 1 unspecified atom stereocenters. The summed E-state index contributed by atoms with van der Waals surface area (Å²) in [4.78, 5) is 29.6. The van der Waals surface area contributed by atoms with Crippen molar-refractivity contribution in [3.8, 4) is 0 Å². The number of aromatic nitrogens is 2. The van der Waals surface area contributed by atoms with Crippen LogP contribution in [0.15, 0.2) is 30.5 Å². The number of anilines is 1. The molecule has 170 valence electrons. The van der Waals surface area contributed by atoms with Crippen molar-refractivity contribution in [2.75, 3.05) is 25.0 Å². The molecule has 4 rings (SSSR count). The molecule has 2 amide bonds. The number of piperazine rings is 1. The SMILES string of the molecule is Cc1c(CN2CCN(C(=O)C3CCCC3)C(C)C2)cc(F)cc1NC(=O)c1cccnn1. The van der Waals surface area contributed by atoms with Crippen LogP contribution in [-0.4, -0.2) is 57.5 Å². The standard InChI is InChI=1S/C24H30FN5O2/c1-16-14-29(10-11-30(16)24(32)18-6-3-4-7-18)15-19-12-20(25)13-22(17(19)2)27-23(31)21-8-5-9-26-28-21/h5,8-9,12-13,16,18H,3-4,6-7,10-11,14-15H2,1-2H3,(H,27,31). The van der Waals surface area contributed by atoms with Gasteiger partial charge in [0, 0.05) is 50.0 Å². The molecule has 32 heavy (non-hydrogen) atoms. The highest BCUT2D eigenvalue weighted by molar-refractivity contribution is 6.03. The maximum absolute atomic E-state index is 14.4. The fraction of sp³-hybridized carbons (Fsp3) is 0.500. The van der Waals surface area contributed by atoms with Crippen molar-refractivity contribution in [3.05, 3.63) is 53.1 Å². The number of nitrogens with zero attached hydrogens (tertiary/aromatic N) is 4. The van der Waals surface area contributed by atoms with Gasteiger partial charge in [0.15, 0.2) is 5.69 Å². The highest BCUT2D eigenvalue weighted by atomic mass is 19.1. The fourth-order valence-electron chi connectivity index (χ4n) is 4.79. The van der Waals surface area contributed by atoms with Crippen LogP contribution in [0.25, 0.3) is 0 Å². The Bertz CT molecular complexity index is 978. The fourth-order valence-corrected chi connectivity index (χ4v) is 4.79. The Morgan fingerprint density at radius 2 is 2.00 bits per heavy atom. The second kappa shape index (κ2) is 9.73. The number of carbonyl (C=O) groups excluding carboxylic acids is 2. The van der Waals surface area contributed by atoms with E-state index in [9.17, 15) is 14.0 Å². The summed E-state index contributed by atoms with van der Waals surface area (Å²) < 4.78 is 14.4. The summed E-state index contributed by atoms with van der Waals surface area (Å²) in [7, 11) is 0. The van der Waals surface area contributed by atoms with E-state index in [0.717, 1.165) is 49.9 Å². The number of benzene rings is 1. The molecule has 2 aromatic rings. The minimum atomic E-state index is -0.426. The number of hydrogen-bond donors (Lipinski definition) is 1. The number of carbonyl (C=O) groups is 2. The van der Waals surface area contributed by atoms with E-state index >= 15 is 0 Å². The average Bonchev–Trinajstić information content (AvgIpc) is 3.32. The van der Waals surface area contributed by atoms with Gasteiger partial charge < -0.3 is 10.2 Å². The van der Waals surface area contributed by atoms with Crippen LogP contribution in [0, 0.1) is 18.7 Å². The second-order valence-corrected chi connectivity index (χ2v) is 8.90. The highest BCUT2D eigenvalue weighted by Gasteiger charge is 2.33. The molecule has 7 nitrogen and oxygen atoms in total. The molecular weight excluding hydrogens is 409 g/mol. The molecule has 1 aromatic heterocycles. The summed E-state index contributed by atoms with van der Waals surface area (Å²) in [5, 5.41) is 10.3. The summed E-state index contributed by atoms with van der Waals surface area (Å²) in [6.45, 7) is 6.72. The lowest BCUT2D eigenvalue weighted by molar-refractivity contribution is -0.140. The van der Waals surface area contributed by atoms with Crippen molar-refractivity contribution in [1.29, 1.82) is 0 Å². The Labute approximate surface area is 188 Å². The van der Waals surface area contributed by atoms with E-state index in [2.05, 4.69) is 27.3 Å². The highest BCUT2D eigenvalue weighted by Crippen LogP contribution is 2.29. The molecule has 1 atom stereocenters. The lowest BCUT2D eigenvalue weighted by atomic mass is 10.0. The van der Waals surface area contributed by atoms with E-state index in [1.165, 1.54) is 18.3 Å². The Morgan fingerprint density at radius 3 is 2.69 bits per heavy atom. The topological polar surface area (TPSA) is 78.4 Å². The van der Waals surface area contributed by atoms with E-state index in [-0.39, 0.29) is 17.7 Å². The molecule has 0 bridgehead atoms. The molecule has 0 spiro atoms. The molecule has 0 radical (unpaired) electrons. The summed E-state index contributed by atoms with van der Waals surface area (Å²) in [5.74, 6) is -0.339. The van der Waals surface area contributed by atoms with E-state index in [1.807, 2.05) is 11.8 Å². The molecule has 2 heterocycles. The van der Waals surface area contributed by atoms with Crippen molar-refractivity contribution in [1.82, 2.24) is 20.0 Å². The zero-order valence-electron chi connectivity index (χ0n) is 18.7. The molecular formula is C24H30FN5O2. The smallest absolute Gasteiger partial charge is 0.276 e. The lowest BCUT2D eigenvalue weighted by Gasteiger charge is -2.41. The third-order valence-electron chi connectivity index (χ3n) is 6.63. The third-order valence-corrected chi connectivity index (χ3v) is 6.63. The van der Waals surface area contributed by atoms with Crippen molar-refractivity contribution in [3.63, 3.8) is 0 Å².